The molecule has 1 aliphatic rings. The summed E-state index contributed by atoms with van der Waals surface area (Å²) in [5.41, 5.74) is 1.24. The minimum absolute atomic E-state index is 0.115. The monoisotopic (exact) mass is 395 g/mol. The summed E-state index contributed by atoms with van der Waals surface area (Å²) in [7, 11) is -3.55. The smallest absolute Gasteiger partial charge is 0.240 e. The lowest BCUT2D eigenvalue weighted by atomic mass is 10.1. The maximum Gasteiger partial charge on any atom is 0.240 e. The van der Waals surface area contributed by atoms with E-state index < -0.39 is 10.0 Å². The van der Waals surface area contributed by atoms with Crippen LogP contribution in [0.1, 0.15) is 5.56 Å². The predicted octanol–water partition coefficient (Wildman–Crippen LogP) is 2.59. The average Bonchev–Trinajstić information content (AvgIpc) is 2.73. The van der Waals surface area contributed by atoms with Crippen LogP contribution in [0.15, 0.2) is 77.7 Å². The van der Waals surface area contributed by atoms with E-state index in [9.17, 15) is 8.42 Å². The second-order valence-electron chi connectivity index (χ2n) is 7.17. The summed E-state index contributed by atoms with van der Waals surface area (Å²) < 4.78 is 28.5. The zero-order valence-corrected chi connectivity index (χ0v) is 16.5. The summed E-state index contributed by atoms with van der Waals surface area (Å²) in [6, 6.07) is 23.5. The third-order valence-electron chi connectivity index (χ3n) is 5.24. The van der Waals surface area contributed by atoms with Crippen molar-refractivity contribution in [3.8, 4) is 0 Å². The first kappa shape index (κ1) is 19.1. The number of hydrogen-bond donors (Lipinski definition) is 2. The van der Waals surface area contributed by atoms with Crippen molar-refractivity contribution < 1.29 is 8.42 Å². The predicted molar refractivity (Wildman–Crippen MR) is 113 cm³/mol. The minimum Gasteiger partial charge on any atom is -0.314 e. The highest BCUT2D eigenvalue weighted by molar-refractivity contribution is 7.89. The summed E-state index contributed by atoms with van der Waals surface area (Å²) >= 11 is 0. The molecule has 1 atom stereocenters. The summed E-state index contributed by atoms with van der Waals surface area (Å²) in [4.78, 5) is 2.65. The zero-order chi connectivity index (χ0) is 19.4. The molecule has 5 nitrogen and oxygen atoms in total. The molecular formula is C22H25N3O2S. The number of sulfonamides is 1. The zero-order valence-electron chi connectivity index (χ0n) is 15.7. The minimum atomic E-state index is -3.55. The van der Waals surface area contributed by atoms with Crippen molar-refractivity contribution >= 4 is 20.8 Å². The fourth-order valence-electron chi connectivity index (χ4n) is 3.65. The Morgan fingerprint density at radius 3 is 2.54 bits per heavy atom. The molecule has 1 saturated heterocycles. The van der Waals surface area contributed by atoms with Crippen molar-refractivity contribution in [2.45, 2.75) is 17.5 Å². The van der Waals surface area contributed by atoms with Crippen molar-refractivity contribution in [1.29, 1.82) is 0 Å². The first-order valence-corrected chi connectivity index (χ1v) is 11.1. The van der Waals surface area contributed by atoms with Crippen molar-refractivity contribution in [1.82, 2.24) is 14.9 Å². The quantitative estimate of drug-likeness (QED) is 0.674. The van der Waals surface area contributed by atoms with E-state index in [1.807, 2.05) is 48.5 Å². The second-order valence-corrected chi connectivity index (χ2v) is 8.94. The number of nitrogens with zero attached hydrogens (tertiary/aromatic N) is 1. The van der Waals surface area contributed by atoms with Gasteiger partial charge in [-0.25, -0.2) is 13.1 Å². The summed E-state index contributed by atoms with van der Waals surface area (Å²) in [5.74, 6) is 0. The highest BCUT2D eigenvalue weighted by Crippen LogP contribution is 2.19. The molecule has 28 heavy (non-hydrogen) atoms. The molecule has 1 fully saturated rings. The van der Waals surface area contributed by atoms with E-state index >= 15 is 0 Å². The van der Waals surface area contributed by atoms with Crippen molar-refractivity contribution in [2.24, 2.45) is 0 Å². The van der Waals surface area contributed by atoms with E-state index in [-0.39, 0.29) is 6.04 Å². The van der Waals surface area contributed by atoms with Gasteiger partial charge in [0.15, 0.2) is 0 Å². The van der Waals surface area contributed by atoms with Gasteiger partial charge in [0, 0.05) is 38.8 Å². The average molecular weight is 396 g/mol. The van der Waals surface area contributed by atoms with Crippen LogP contribution in [0, 0.1) is 0 Å². The Hall–Kier alpha value is -2.25. The third kappa shape index (κ3) is 4.42. The fourth-order valence-corrected chi connectivity index (χ4v) is 4.76. The standard InChI is InChI=1S/C22H25N3O2S/c26-28(27,22-11-10-19-8-4-5-9-20(19)14-22)24-16-21-15-23-12-13-25(21)17-18-6-2-1-3-7-18/h1-11,14,21,23-24H,12-13,15-17H2. The first-order valence-electron chi connectivity index (χ1n) is 9.59. The van der Waals surface area contributed by atoms with E-state index in [0.717, 1.165) is 37.0 Å². The van der Waals surface area contributed by atoms with Crippen LogP contribution in [0.25, 0.3) is 10.8 Å². The maximum absolute atomic E-state index is 12.8. The van der Waals surface area contributed by atoms with Crippen LogP contribution in [-0.2, 0) is 16.6 Å². The highest BCUT2D eigenvalue weighted by Gasteiger charge is 2.24. The van der Waals surface area contributed by atoms with E-state index in [0.29, 0.717) is 11.4 Å². The largest absolute Gasteiger partial charge is 0.314 e. The van der Waals surface area contributed by atoms with Crippen molar-refractivity contribution in [3.05, 3.63) is 78.4 Å². The lowest BCUT2D eigenvalue weighted by molar-refractivity contribution is 0.155. The molecule has 2 N–H and O–H groups in total. The Morgan fingerprint density at radius 1 is 0.964 bits per heavy atom. The second kappa shape index (κ2) is 8.41. The van der Waals surface area contributed by atoms with E-state index in [1.54, 1.807) is 12.1 Å². The maximum atomic E-state index is 12.8. The Balaban J connectivity index is 1.46. The molecule has 3 aromatic rings. The van der Waals surface area contributed by atoms with E-state index in [4.69, 9.17) is 0 Å². The summed E-state index contributed by atoms with van der Waals surface area (Å²) in [6.45, 7) is 3.80. The Kier molecular flexibility index (Phi) is 5.73. The van der Waals surface area contributed by atoms with Gasteiger partial charge in [0.1, 0.15) is 0 Å². The molecule has 6 heteroatoms. The Labute approximate surface area is 166 Å². The molecular weight excluding hydrogens is 370 g/mol. The van der Waals surface area contributed by atoms with Crippen LogP contribution in [0.3, 0.4) is 0 Å². The molecule has 1 aliphatic heterocycles. The van der Waals surface area contributed by atoms with Crippen LogP contribution >= 0.6 is 0 Å². The molecule has 0 saturated carbocycles. The van der Waals surface area contributed by atoms with Crippen LogP contribution in [0.2, 0.25) is 0 Å². The van der Waals surface area contributed by atoms with Crippen molar-refractivity contribution in [3.63, 3.8) is 0 Å². The molecule has 146 valence electrons. The van der Waals surface area contributed by atoms with Gasteiger partial charge in [0.05, 0.1) is 4.90 Å². The van der Waals surface area contributed by atoms with Gasteiger partial charge >= 0.3 is 0 Å². The SMILES string of the molecule is O=S(=O)(NCC1CNCCN1Cc1ccccc1)c1ccc2ccccc2c1. The number of piperazine rings is 1. The normalized spacial score (nSPS) is 18.4. The molecule has 0 aliphatic carbocycles. The van der Waals surface area contributed by atoms with Crippen LogP contribution in [0.4, 0.5) is 0 Å². The van der Waals surface area contributed by atoms with Gasteiger partial charge in [0.25, 0.3) is 0 Å². The third-order valence-corrected chi connectivity index (χ3v) is 6.66. The lowest BCUT2D eigenvalue weighted by Gasteiger charge is -2.36. The topological polar surface area (TPSA) is 61.4 Å². The highest BCUT2D eigenvalue weighted by atomic mass is 32.2. The van der Waals surface area contributed by atoms with Gasteiger partial charge in [-0.05, 0) is 28.5 Å². The molecule has 4 rings (SSSR count). The molecule has 0 amide bonds. The van der Waals surface area contributed by atoms with Crippen molar-refractivity contribution in [2.75, 3.05) is 26.2 Å². The Morgan fingerprint density at radius 2 is 1.71 bits per heavy atom. The molecule has 3 aromatic carbocycles. The van der Waals surface area contributed by atoms with E-state index in [1.165, 1.54) is 5.56 Å². The van der Waals surface area contributed by atoms with Gasteiger partial charge in [-0.1, -0.05) is 60.7 Å². The van der Waals surface area contributed by atoms with Gasteiger partial charge in [-0.15, -0.1) is 0 Å². The van der Waals surface area contributed by atoms with Crippen LogP contribution in [0.5, 0.6) is 0 Å². The number of fused-ring (bicyclic) bond motifs is 1. The number of benzene rings is 3. The van der Waals surface area contributed by atoms with Gasteiger partial charge in [-0.3, -0.25) is 4.90 Å². The van der Waals surface area contributed by atoms with Gasteiger partial charge < -0.3 is 5.32 Å². The molecule has 0 aromatic heterocycles. The lowest BCUT2D eigenvalue weighted by Crippen LogP contribution is -2.55. The first-order chi connectivity index (χ1) is 13.6. The molecule has 1 unspecified atom stereocenters. The molecule has 0 radical (unpaired) electrons. The van der Waals surface area contributed by atoms with E-state index in [2.05, 4.69) is 27.1 Å². The number of rotatable bonds is 6. The molecule has 0 spiro atoms. The summed E-state index contributed by atoms with van der Waals surface area (Å²) in [5, 5.41) is 5.33. The van der Waals surface area contributed by atoms with Crippen LogP contribution < -0.4 is 10.0 Å². The molecule has 1 heterocycles. The number of nitrogens with one attached hydrogen (secondary N) is 2. The van der Waals surface area contributed by atoms with Crippen LogP contribution in [-0.4, -0.2) is 45.5 Å². The molecule has 0 bridgehead atoms. The number of hydrogen-bond acceptors (Lipinski definition) is 4. The van der Waals surface area contributed by atoms with Gasteiger partial charge in [0.2, 0.25) is 10.0 Å². The Bertz CT molecular complexity index is 1040. The fraction of sp³-hybridized carbons (Fsp3) is 0.273. The summed E-state index contributed by atoms with van der Waals surface area (Å²) in [6.07, 6.45) is 0. The van der Waals surface area contributed by atoms with Gasteiger partial charge in [-0.2, -0.15) is 0 Å².